The first-order valence-electron chi connectivity index (χ1n) is 9.38. The molecule has 1 amide bonds. The van der Waals surface area contributed by atoms with Crippen molar-refractivity contribution in [2.24, 2.45) is 5.41 Å². The zero-order valence-corrected chi connectivity index (χ0v) is 17.0. The van der Waals surface area contributed by atoms with Gasteiger partial charge in [-0.2, -0.15) is 0 Å². The van der Waals surface area contributed by atoms with E-state index in [2.05, 4.69) is 24.0 Å². The SMILES string of the molecule is CCOC(=O)[C@@]1(Cc2ccccc2C)CCCN(C(=O)c2csc(C)n2)C1. The van der Waals surface area contributed by atoms with Crippen molar-refractivity contribution >= 4 is 23.2 Å². The minimum atomic E-state index is -0.707. The third-order valence-corrected chi connectivity index (χ3v) is 5.97. The second-order valence-electron chi connectivity index (χ2n) is 7.19. The van der Waals surface area contributed by atoms with Crippen LogP contribution in [0.2, 0.25) is 0 Å². The highest BCUT2D eigenvalue weighted by Gasteiger charge is 2.45. The highest BCUT2D eigenvalue weighted by atomic mass is 32.1. The fourth-order valence-electron chi connectivity index (χ4n) is 3.77. The molecule has 1 saturated heterocycles. The summed E-state index contributed by atoms with van der Waals surface area (Å²) < 4.78 is 5.44. The Hall–Kier alpha value is -2.21. The molecule has 1 atom stereocenters. The number of hydrogen-bond acceptors (Lipinski definition) is 5. The largest absolute Gasteiger partial charge is 0.466 e. The second kappa shape index (κ2) is 8.21. The van der Waals surface area contributed by atoms with Gasteiger partial charge in [-0.05, 0) is 51.2 Å². The molecule has 144 valence electrons. The fraction of sp³-hybridized carbons (Fsp3) is 0.476. The van der Waals surface area contributed by atoms with Crippen LogP contribution in [0.1, 0.15) is 46.4 Å². The van der Waals surface area contributed by atoms with Crippen molar-refractivity contribution in [3.05, 3.63) is 51.5 Å². The van der Waals surface area contributed by atoms with E-state index in [4.69, 9.17) is 4.74 Å². The van der Waals surface area contributed by atoms with Crippen LogP contribution in [0, 0.1) is 19.3 Å². The van der Waals surface area contributed by atoms with Crippen molar-refractivity contribution in [2.75, 3.05) is 19.7 Å². The molecule has 1 aliphatic rings. The Morgan fingerprint density at radius 3 is 2.74 bits per heavy atom. The molecule has 2 aromatic rings. The maximum Gasteiger partial charge on any atom is 0.314 e. The average molecular weight is 387 g/mol. The summed E-state index contributed by atoms with van der Waals surface area (Å²) in [6.07, 6.45) is 2.08. The minimum Gasteiger partial charge on any atom is -0.466 e. The van der Waals surface area contributed by atoms with Crippen LogP contribution >= 0.6 is 11.3 Å². The van der Waals surface area contributed by atoms with Crippen LogP contribution in [0.15, 0.2) is 29.6 Å². The molecule has 3 rings (SSSR count). The monoisotopic (exact) mass is 386 g/mol. The Labute approximate surface area is 164 Å². The van der Waals surface area contributed by atoms with E-state index in [9.17, 15) is 9.59 Å². The standard InChI is InChI=1S/C21H26N2O3S/c1-4-26-20(25)21(12-17-9-6-5-8-15(17)2)10-7-11-23(14-21)19(24)18-13-27-16(3)22-18/h5-6,8-9,13H,4,7,10-12,14H2,1-3H3/t21-/m1/s1. The summed E-state index contributed by atoms with van der Waals surface area (Å²) in [5, 5.41) is 2.66. The quantitative estimate of drug-likeness (QED) is 0.734. The van der Waals surface area contributed by atoms with E-state index in [-0.39, 0.29) is 11.9 Å². The smallest absolute Gasteiger partial charge is 0.314 e. The average Bonchev–Trinajstić information content (AvgIpc) is 3.10. The van der Waals surface area contributed by atoms with Gasteiger partial charge in [-0.25, -0.2) is 4.98 Å². The summed E-state index contributed by atoms with van der Waals surface area (Å²) in [5.41, 5.74) is 2.04. The van der Waals surface area contributed by atoms with Crippen molar-refractivity contribution in [3.63, 3.8) is 0 Å². The van der Waals surface area contributed by atoms with Gasteiger partial charge in [0, 0.05) is 18.5 Å². The zero-order chi connectivity index (χ0) is 19.4. The van der Waals surface area contributed by atoms with Gasteiger partial charge in [-0.3, -0.25) is 9.59 Å². The topological polar surface area (TPSA) is 59.5 Å². The Bertz CT molecular complexity index is 832. The molecule has 0 radical (unpaired) electrons. The Morgan fingerprint density at radius 2 is 2.07 bits per heavy atom. The van der Waals surface area contributed by atoms with Crippen LogP contribution in [0.25, 0.3) is 0 Å². The predicted molar refractivity (Wildman–Crippen MR) is 106 cm³/mol. The van der Waals surface area contributed by atoms with E-state index in [0.717, 1.165) is 29.0 Å². The lowest BCUT2D eigenvalue weighted by Gasteiger charge is -2.41. The lowest BCUT2D eigenvalue weighted by atomic mass is 9.74. The number of piperidine rings is 1. The number of rotatable bonds is 5. The van der Waals surface area contributed by atoms with E-state index < -0.39 is 5.41 Å². The first-order valence-corrected chi connectivity index (χ1v) is 10.3. The van der Waals surface area contributed by atoms with Gasteiger partial charge in [-0.1, -0.05) is 24.3 Å². The molecule has 1 fully saturated rings. The number of esters is 1. The number of ether oxygens (including phenoxy) is 1. The van der Waals surface area contributed by atoms with Crippen LogP contribution in [0.3, 0.4) is 0 Å². The lowest BCUT2D eigenvalue weighted by Crippen LogP contribution is -2.51. The zero-order valence-electron chi connectivity index (χ0n) is 16.2. The van der Waals surface area contributed by atoms with Gasteiger partial charge in [-0.15, -0.1) is 11.3 Å². The Balaban J connectivity index is 1.89. The van der Waals surface area contributed by atoms with Crippen LogP contribution in [-0.2, 0) is 16.0 Å². The third-order valence-electron chi connectivity index (χ3n) is 5.20. The molecule has 0 aliphatic carbocycles. The molecule has 0 bridgehead atoms. The highest BCUT2D eigenvalue weighted by molar-refractivity contribution is 7.09. The molecule has 1 aliphatic heterocycles. The number of nitrogens with zero attached hydrogens (tertiary/aromatic N) is 2. The number of amides is 1. The highest BCUT2D eigenvalue weighted by Crippen LogP contribution is 2.36. The number of aryl methyl sites for hydroxylation is 2. The van der Waals surface area contributed by atoms with Crippen LogP contribution < -0.4 is 0 Å². The van der Waals surface area contributed by atoms with Crippen molar-refractivity contribution < 1.29 is 14.3 Å². The molecular weight excluding hydrogens is 360 g/mol. The maximum atomic E-state index is 13.0. The van der Waals surface area contributed by atoms with Gasteiger partial charge in [0.15, 0.2) is 0 Å². The second-order valence-corrected chi connectivity index (χ2v) is 8.25. The summed E-state index contributed by atoms with van der Waals surface area (Å²) in [7, 11) is 0. The molecule has 1 aromatic heterocycles. The number of aromatic nitrogens is 1. The van der Waals surface area contributed by atoms with Crippen molar-refractivity contribution in [1.82, 2.24) is 9.88 Å². The van der Waals surface area contributed by atoms with Crippen LogP contribution in [-0.4, -0.2) is 41.5 Å². The first kappa shape index (κ1) is 19.5. The molecule has 0 N–H and O–H groups in total. The van der Waals surface area contributed by atoms with Gasteiger partial charge in [0.2, 0.25) is 0 Å². The molecule has 0 spiro atoms. The number of hydrogen-bond donors (Lipinski definition) is 0. The molecule has 0 saturated carbocycles. The Morgan fingerprint density at radius 1 is 1.30 bits per heavy atom. The van der Waals surface area contributed by atoms with Crippen LogP contribution in [0.5, 0.6) is 0 Å². The summed E-state index contributed by atoms with van der Waals surface area (Å²) in [5.74, 6) is -0.308. The van der Waals surface area contributed by atoms with Crippen molar-refractivity contribution in [3.8, 4) is 0 Å². The fourth-order valence-corrected chi connectivity index (χ4v) is 4.36. The van der Waals surface area contributed by atoms with Crippen LogP contribution in [0.4, 0.5) is 0 Å². The minimum absolute atomic E-state index is 0.0995. The van der Waals surface area contributed by atoms with Gasteiger partial charge in [0.05, 0.1) is 17.0 Å². The van der Waals surface area contributed by atoms with E-state index in [1.165, 1.54) is 11.3 Å². The molecule has 2 heterocycles. The number of carbonyl (C=O) groups is 2. The molecular formula is C21H26N2O3S. The lowest BCUT2D eigenvalue weighted by molar-refractivity contribution is -0.158. The number of thiazole rings is 1. The molecule has 1 aromatic carbocycles. The molecule has 6 heteroatoms. The molecule has 0 unspecified atom stereocenters. The normalized spacial score (nSPS) is 19.7. The third kappa shape index (κ3) is 4.21. The van der Waals surface area contributed by atoms with Gasteiger partial charge < -0.3 is 9.64 Å². The van der Waals surface area contributed by atoms with Gasteiger partial charge in [0.1, 0.15) is 5.69 Å². The number of carbonyl (C=O) groups excluding carboxylic acids is 2. The predicted octanol–water partition coefficient (Wildman–Crippen LogP) is 3.79. The molecule has 5 nitrogen and oxygen atoms in total. The number of likely N-dealkylation sites (tertiary alicyclic amines) is 1. The van der Waals surface area contributed by atoms with Crippen molar-refractivity contribution in [1.29, 1.82) is 0 Å². The Kier molecular flexibility index (Phi) is 5.95. The number of benzene rings is 1. The van der Waals surface area contributed by atoms with E-state index >= 15 is 0 Å². The van der Waals surface area contributed by atoms with Crippen molar-refractivity contribution in [2.45, 2.75) is 40.0 Å². The summed E-state index contributed by atoms with van der Waals surface area (Å²) >= 11 is 1.47. The first-order chi connectivity index (χ1) is 12.9. The summed E-state index contributed by atoms with van der Waals surface area (Å²) in [6.45, 7) is 7.12. The summed E-state index contributed by atoms with van der Waals surface area (Å²) in [4.78, 5) is 32.0. The van der Waals surface area contributed by atoms with E-state index in [0.29, 0.717) is 31.8 Å². The summed E-state index contributed by atoms with van der Waals surface area (Å²) in [6, 6.07) is 8.10. The van der Waals surface area contributed by atoms with Gasteiger partial charge in [0.25, 0.3) is 5.91 Å². The van der Waals surface area contributed by atoms with E-state index in [1.807, 2.05) is 26.0 Å². The van der Waals surface area contributed by atoms with Gasteiger partial charge >= 0.3 is 5.97 Å². The maximum absolute atomic E-state index is 13.0. The van der Waals surface area contributed by atoms with E-state index in [1.54, 1.807) is 10.3 Å². The molecule has 27 heavy (non-hydrogen) atoms.